The maximum absolute atomic E-state index is 12.6. The highest BCUT2D eigenvalue weighted by Crippen LogP contribution is 2.21. The first-order valence-electron chi connectivity index (χ1n) is 9.11. The monoisotopic (exact) mass is 495 g/mol. The average molecular weight is 496 g/mol. The molecule has 1 aromatic heterocycles. The zero-order valence-electron chi connectivity index (χ0n) is 15.7. The number of carbonyl (C=O) groups excluding carboxylic acids is 1. The Hall–Kier alpha value is -2.47. The van der Waals surface area contributed by atoms with Crippen LogP contribution in [0.5, 0.6) is 0 Å². The highest BCUT2D eigenvalue weighted by atomic mass is 79.9. The SMILES string of the molecule is O=C(Cn1c(=O)oc2cc(Br)ccc21)Nc1ccc(S(=O)(=O)N2CCOCC2)cc1. The highest BCUT2D eigenvalue weighted by Gasteiger charge is 2.26. The number of anilines is 1. The molecule has 0 aliphatic carbocycles. The van der Waals surface area contributed by atoms with Crippen LogP contribution < -0.4 is 11.1 Å². The van der Waals surface area contributed by atoms with Crippen molar-refractivity contribution in [3.05, 3.63) is 57.5 Å². The van der Waals surface area contributed by atoms with Crippen molar-refractivity contribution < 1.29 is 22.4 Å². The number of ether oxygens (including phenoxy) is 1. The molecule has 0 saturated carbocycles. The first kappa shape index (κ1) is 20.8. The fourth-order valence-corrected chi connectivity index (χ4v) is 4.93. The first-order valence-corrected chi connectivity index (χ1v) is 11.3. The number of halogens is 1. The Bertz CT molecular complexity index is 1240. The molecule has 1 N–H and O–H groups in total. The van der Waals surface area contributed by atoms with Crippen LogP contribution in [0.3, 0.4) is 0 Å². The van der Waals surface area contributed by atoms with Gasteiger partial charge in [-0.15, -0.1) is 0 Å². The number of sulfonamides is 1. The number of nitrogens with one attached hydrogen (secondary N) is 1. The number of oxazole rings is 1. The molecule has 1 aliphatic heterocycles. The molecule has 2 heterocycles. The molecule has 1 amide bonds. The number of nitrogens with zero attached hydrogens (tertiary/aromatic N) is 2. The van der Waals surface area contributed by atoms with Gasteiger partial charge in [-0.1, -0.05) is 15.9 Å². The van der Waals surface area contributed by atoms with Gasteiger partial charge in [-0.2, -0.15) is 4.31 Å². The highest BCUT2D eigenvalue weighted by molar-refractivity contribution is 9.10. The van der Waals surface area contributed by atoms with Gasteiger partial charge in [-0.25, -0.2) is 13.2 Å². The van der Waals surface area contributed by atoms with E-state index in [2.05, 4.69) is 21.2 Å². The molecule has 11 heteroatoms. The smallest absolute Gasteiger partial charge is 0.408 e. The zero-order valence-corrected chi connectivity index (χ0v) is 18.1. The third kappa shape index (κ3) is 4.19. The van der Waals surface area contributed by atoms with Crippen LogP contribution in [0.2, 0.25) is 0 Å². The number of amides is 1. The van der Waals surface area contributed by atoms with Gasteiger partial charge >= 0.3 is 5.76 Å². The van der Waals surface area contributed by atoms with Crippen LogP contribution in [0.25, 0.3) is 11.1 Å². The van der Waals surface area contributed by atoms with Crippen LogP contribution in [0.1, 0.15) is 0 Å². The van der Waals surface area contributed by atoms with E-state index >= 15 is 0 Å². The lowest BCUT2D eigenvalue weighted by atomic mass is 10.3. The number of fused-ring (bicyclic) bond motifs is 1. The second kappa shape index (κ2) is 8.34. The molecule has 0 unspecified atom stereocenters. The zero-order chi connectivity index (χ0) is 21.3. The molecule has 9 nitrogen and oxygen atoms in total. The third-order valence-electron chi connectivity index (χ3n) is 4.68. The van der Waals surface area contributed by atoms with Crippen LogP contribution in [0.4, 0.5) is 5.69 Å². The van der Waals surface area contributed by atoms with Crippen LogP contribution in [0.15, 0.2) is 61.0 Å². The number of rotatable bonds is 5. The van der Waals surface area contributed by atoms with Crippen LogP contribution in [-0.4, -0.2) is 49.5 Å². The van der Waals surface area contributed by atoms with E-state index in [0.717, 1.165) is 4.47 Å². The van der Waals surface area contributed by atoms with Crippen molar-refractivity contribution in [2.24, 2.45) is 0 Å². The summed E-state index contributed by atoms with van der Waals surface area (Å²) in [6.45, 7) is 1.12. The predicted octanol–water partition coefficient (Wildman–Crippen LogP) is 2.02. The van der Waals surface area contributed by atoms with E-state index in [1.807, 2.05) is 0 Å². The largest absolute Gasteiger partial charge is 0.420 e. The Kier molecular flexibility index (Phi) is 5.78. The fourth-order valence-electron chi connectivity index (χ4n) is 3.18. The third-order valence-corrected chi connectivity index (χ3v) is 7.08. The van der Waals surface area contributed by atoms with E-state index in [9.17, 15) is 18.0 Å². The number of aromatic nitrogens is 1. The number of carbonyl (C=O) groups is 1. The van der Waals surface area contributed by atoms with Gasteiger partial charge in [0, 0.05) is 23.2 Å². The van der Waals surface area contributed by atoms with Crippen molar-refractivity contribution >= 4 is 48.6 Å². The molecule has 4 rings (SSSR count). The summed E-state index contributed by atoms with van der Waals surface area (Å²) in [5.41, 5.74) is 1.30. The summed E-state index contributed by atoms with van der Waals surface area (Å²) < 4.78 is 39.0. The molecule has 1 aliphatic rings. The molecule has 1 saturated heterocycles. The maximum Gasteiger partial charge on any atom is 0.420 e. The first-order chi connectivity index (χ1) is 14.3. The maximum atomic E-state index is 12.6. The number of hydrogen-bond donors (Lipinski definition) is 1. The lowest BCUT2D eigenvalue weighted by Crippen LogP contribution is -2.40. The second-order valence-electron chi connectivity index (χ2n) is 6.66. The molecule has 30 heavy (non-hydrogen) atoms. The van der Waals surface area contributed by atoms with Crippen molar-refractivity contribution in [1.29, 1.82) is 0 Å². The molecule has 0 bridgehead atoms. The van der Waals surface area contributed by atoms with E-state index in [1.165, 1.54) is 33.1 Å². The molecule has 0 atom stereocenters. The number of morpholine rings is 1. The Morgan fingerprint density at radius 1 is 1.10 bits per heavy atom. The Morgan fingerprint density at radius 2 is 1.80 bits per heavy atom. The topological polar surface area (TPSA) is 111 Å². The summed E-state index contributed by atoms with van der Waals surface area (Å²) in [6, 6.07) is 11.0. The minimum absolute atomic E-state index is 0.144. The Morgan fingerprint density at radius 3 is 2.50 bits per heavy atom. The molecule has 3 aromatic rings. The molecule has 2 aromatic carbocycles. The lowest BCUT2D eigenvalue weighted by Gasteiger charge is -2.26. The molecular formula is C19H18BrN3O6S. The average Bonchev–Trinajstić information content (AvgIpc) is 3.03. The summed E-state index contributed by atoms with van der Waals surface area (Å²) >= 11 is 3.30. The van der Waals surface area contributed by atoms with Gasteiger partial charge in [-0.3, -0.25) is 9.36 Å². The quantitative estimate of drug-likeness (QED) is 0.579. The Labute approximate surface area is 180 Å². The molecule has 1 fully saturated rings. The van der Waals surface area contributed by atoms with E-state index in [1.54, 1.807) is 18.2 Å². The van der Waals surface area contributed by atoms with Gasteiger partial charge in [0.25, 0.3) is 0 Å². The molecule has 0 radical (unpaired) electrons. The molecule has 158 valence electrons. The second-order valence-corrected chi connectivity index (χ2v) is 9.51. The van der Waals surface area contributed by atoms with E-state index in [0.29, 0.717) is 43.1 Å². The summed E-state index contributed by atoms with van der Waals surface area (Å²) in [6.07, 6.45) is 0. The summed E-state index contributed by atoms with van der Waals surface area (Å²) in [7, 11) is -3.60. The van der Waals surface area contributed by atoms with Crippen molar-refractivity contribution in [2.75, 3.05) is 31.6 Å². The normalized spacial score (nSPS) is 15.4. The minimum atomic E-state index is -3.60. The molecule has 0 spiro atoms. The lowest BCUT2D eigenvalue weighted by molar-refractivity contribution is -0.116. The van der Waals surface area contributed by atoms with Crippen molar-refractivity contribution in [1.82, 2.24) is 8.87 Å². The standard InChI is InChI=1S/C19H18BrN3O6S/c20-13-1-6-16-17(11-13)29-19(25)23(16)12-18(24)21-14-2-4-15(5-3-14)30(26,27)22-7-9-28-10-8-22/h1-6,11H,7-10,12H2,(H,21,24). The predicted molar refractivity (Wildman–Crippen MR) is 113 cm³/mol. The molecular weight excluding hydrogens is 478 g/mol. The van der Waals surface area contributed by atoms with Crippen LogP contribution >= 0.6 is 15.9 Å². The van der Waals surface area contributed by atoms with Crippen molar-refractivity contribution in [3.8, 4) is 0 Å². The van der Waals surface area contributed by atoms with Gasteiger partial charge in [0.2, 0.25) is 15.9 Å². The fraction of sp³-hybridized carbons (Fsp3) is 0.263. The van der Waals surface area contributed by atoms with Gasteiger partial charge in [0.05, 0.1) is 23.6 Å². The minimum Gasteiger partial charge on any atom is -0.408 e. The van der Waals surface area contributed by atoms with Crippen LogP contribution in [0, 0.1) is 0 Å². The van der Waals surface area contributed by atoms with E-state index in [4.69, 9.17) is 9.15 Å². The summed E-state index contributed by atoms with van der Waals surface area (Å²) in [4.78, 5) is 24.6. The van der Waals surface area contributed by atoms with Gasteiger partial charge in [0.1, 0.15) is 6.54 Å². The number of hydrogen-bond acceptors (Lipinski definition) is 6. The van der Waals surface area contributed by atoms with E-state index < -0.39 is 21.7 Å². The van der Waals surface area contributed by atoms with Crippen molar-refractivity contribution in [3.63, 3.8) is 0 Å². The summed E-state index contributed by atoms with van der Waals surface area (Å²) in [5.74, 6) is -1.07. The number of benzene rings is 2. The Balaban J connectivity index is 1.47. The van der Waals surface area contributed by atoms with Gasteiger partial charge < -0.3 is 14.5 Å². The summed E-state index contributed by atoms with van der Waals surface area (Å²) in [5, 5.41) is 2.66. The van der Waals surface area contributed by atoms with Crippen molar-refractivity contribution in [2.45, 2.75) is 11.4 Å². The van der Waals surface area contributed by atoms with E-state index in [-0.39, 0.29) is 11.4 Å². The van der Waals surface area contributed by atoms with Gasteiger partial charge in [-0.05, 0) is 42.5 Å². The van der Waals surface area contributed by atoms with Crippen LogP contribution in [-0.2, 0) is 26.1 Å². The van der Waals surface area contributed by atoms with Gasteiger partial charge in [0.15, 0.2) is 5.58 Å².